The molecule has 0 aliphatic heterocycles. The van der Waals surface area contributed by atoms with E-state index in [1.165, 1.54) is 11.4 Å². The minimum atomic E-state index is -1.46. The lowest BCUT2D eigenvalue weighted by Crippen LogP contribution is -2.54. The number of carbonyl (C=O) groups excluding carboxylic acids is 1. The number of thiocarbonyl (C=S) groups is 1. The highest BCUT2D eigenvalue weighted by Crippen LogP contribution is 2.17. The van der Waals surface area contributed by atoms with Crippen LogP contribution in [0.2, 0.25) is 0 Å². The van der Waals surface area contributed by atoms with E-state index in [0.29, 0.717) is 5.56 Å². The van der Waals surface area contributed by atoms with Crippen molar-refractivity contribution in [2.75, 3.05) is 0 Å². The molecule has 0 radical (unpaired) electrons. The van der Waals surface area contributed by atoms with E-state index in [2.05, 4.69) is 18.5 Å². The highest BCUT2D eigenvalue weighted by Gasteiger charge is 2.38. The van der Waals surface area contributed by atoms with E-state index in [0.717, 1.165) is 5.56 Å². The Hall–Kier alpha value is -2.27. The average molecular weight is 303 g/mol. The van der Waals surface area contributed by atoms with Gasteiger partial charge in [-0.15, -0.1) is 6.58 Å². The summed E-state index contributed by atoms with van der Waals surface area (Å²) in [5, 5.41) is 13.3. The SMILES string of the molecule is C=CCC(CC=S)(NC(=O)c1ccc(C=C)cc1)C(=O)O. The first kappa shape index (κ1) is 16.8. The van der Waals surface area contributed by atoms with Crippen molar-refractivity contribution in [3.63, 3.8) is 0 Å². The van der Waals surface area contributed by atoms with Gasteiger partial charge in [0.15, 0.2) is 0 Å². The number of carboxylic acid groups (broad SMARTS) is 1. The fraction of sp³-hybridized carbons (Fsp3) is 0.188. The summed E-state index contributed by atoms with van der Waals surface area (Å²) in [6.07, 6.45) is 3.24. The van der Waals surface area contributed by atoms with Crippen LogP contribution < -0.4 is 5.32 Å². The van der Waals surface area contributed by atoms with E-state index in [-0.39, 0.29) is 12.8 Å². The van der Waals surface area contributed by atoms with Crippen LogP contribution in [0.1, 0.15) is 28.8 Å². The fourth-order valence-corrected chi connectivity index (χ4v) is 2.15. The molecule has 1 aromatic rings. The van der Waals surface area contributed by atoms with Crippen molar-refractivity contribution < 1.29 is 14.7 Å². The van der Waals surface area contributed by atoms with Crippen LogP contribution in [0.15, 0.2) is 43.5 Å². The molecule has 1 unspecified atom stereocenters. The van der Waals surface area contributed by atoms with Gasteiger partial charge in [-0.05, 0) is 29.5 Å². The zero-order chi connectivity index (χ0) is 15.9. The van der Waals surface area contributed by atoms with Crippen molar-refractivity contribution in [1.29, 1.82) is 0 Å². The van der Waals surface area contributed by atoms with Gasteiger partial charge >= 0.3 is 5.97 Å². The number of hydrogen-bond acceptors (Lipinski definition) is 3. The molecule has 1 atom stereocenters. The Bertz CT molecular complexity index is 553. The number of carbonyl (C=O) groups is 2. The molecule has 0 fully saturated rings. The normalized spacial score (nSPS) is 12.8. The summed E-state index contributed by atoms with van der Waals surface area (Å²) in [6, 6.07) is 6.70. The number of aliphatic carboxylic acids is 1. The molecule has 1 amide bonds. The number of hydrogen-bond donors (Lipinski definition) is 2. The lowest BCUT2D eigenvalue weighted by molar-refractivity contribution is -0.144. The van der Waals surface area contributed by atoms with Crippen molar-refractivity contribution in [1.82, 2.24) is 5.32 Å². The molecule has 110 valence electrons. The molecular formula is C16H17NO3S. The second-order valence-electron chi connectivity index (χ2n) is 4.53. The number of amides is 1. The predicted octanol–water partition coefficient (Wildman–Crippen LogP) is 2.85. The first-order valence-corrected chi connectivity index (χ1v) is 6.79. The van der Waals surface area contributed by atoms with E-state index in [1.54, 1.807) is 30.3 Å². The van der Waals surface area contributed by atoms with Crippen molar-refractivity contribution in [2.24, 2.45) is 0 Å². The molecular weight excluding hydrogens is 286 g/mol. The lowest BCUT2D eigenvalue weighted by atomic mass is 9.91. The molecule has 1 rings (SSSR count). The van der Waals surface area contributed by atoms with Crippen molar-refractivity contribution in [3.05, 3.63) is 54.6 Å². The Morgan fingerprint density at radius 3 is 2.29 bits per heavy atom. The molecule has 0 heterocycles. The van der Waals surface area contributed by atoms with Crippen molar-refractivity contribution in [3.8, 4) is 0 Å². The second kappa shape index (κ2) is 7.50. The maximum Gasteiger partial charge on any atom is 0.330 e. The number of nitrogens with one attached hydrogen (secondary N) is 1. The number of carboxylic acids is 1. The highest BCUT2D eigenvalue weighted by atomic mass is 32.1. The molecule has 0 bridgehead atoms. The van der Waals surface area contributed by atoms with Crippen LogP contribution in [-0.2, 0) is 4.79 Å². The van der Waals surface area contributed by atoms with Crippen LogP contribution in [0.25, 0.3) is 6.08 Å². The molecule has 0 saturated carbocycles. The summed E-state index contributed by atoms with van der Waals surface area (Å²) in [5.74, 6) is -1.61. The van der Waals surface area contributed by atoms with E-state index in [9.17, 15) is 14.7 Å². The summed E-state index contributed by atoms with van der Waals surface area (Å²) in [4.78, 5) is 23.8. The largest absolute Gasteiger partial charge is 0.479 e. The third-order valence-corrected chi connectivity index (χ3v) is 3.26. The van der Waals surface area contributed by atoms with E-state index >= 15 is 0 Å². The Kier molecular flexibility index (Phi) is 5.99. The molecule has 4 nitrogen and oxygen atoms in total. The minimum absolute atomic E-state index is 0.0418. The van der Waals surface area contributed by atoms with Crippen LogP contribution in [0.4, 0.5) is 0 Å². The molecule has 0 aliphatic rings. The van der Waals surface area contributed by atoms with Crippen LogP contribution in [0, 0.1) is 0 Å². The minimum Gasteiger partial charge on any atom is -0.479 e. The summed E-state index contributed by atoms with van der Waals surface area (Å²) >= 11 is 4.75. The maximum atomic E-state index is 12.2. The number of benzene rings is 1. The molecule has 5 heteroatoms. The smallest absolute Gasteiger partial charge is 0.330 e. The van der Waals surface area contributed by atoms with Crippen molar-refractivity contribution in [2.45, 2.75) is 18.4 Å². The van der Waals surface area contributed by atoms with E-state index in [4.69, 9.17) is 12.2 Å². The maximum absolute atomic E-state index is 12.2. The fourth-order valence-electron chi connectivity index (χ4n) is 1.86. The molecule has 0 saturated heterocycles. The zero-order valence-electron chi connectivity index (χ0n) is 11.5. The van der Waals surface area contributed by atoms with Crippen LogP contribution >= 0.6 is 12.2 Å². The standard InChI is InChI=1S/C16H17NO3S/c1-3-9-16(10-11-21,15(19)20)17-14(18)13-7-5-12(4-2)6-8-13/h3-8,11H,1-2,9-10H2,(H,17,18)(H,19,20). The Morgan fingerprint density at radius 1 is 1.24 bits per heavy atom. The van der Waals surface area contributed by atoms with Crippen LogP contribution in [0.3, 0.4) is 0 Å². The first-order valence-electron chi connectivity index (χ1n) is 6.32. The van der Waals surface area contributed by atoms with Gasteiger partial charge in [0.2, 0.25) is 0 Å². The molecule has 0 spiro atoms. The van der Waals surface area contributed by atoms with Gasteiger partial charge in [0, 0.05) is 12.0 Å². The van der Waals surface area contributed by atoms with Crippen LogP contribution in [-0.4, -0.2) is 27.9 Å². The van der Waals surface area contributed by atoms with Crippen LogP contribution in [0.5, 0.6) is 0 Å². The van der Waals surface area contributed by atoms with Gasteiger partial charge in [0.05, 0.1) is 0 Å². The monoisotopic (exact) mass is 303 g/mol. The predicted molar refractivity (Wildman–Crippen MR) is 87.5 cm³/mol. The quantitative estimate of drug-likeness (QED) is 0.572. The molecule has 0 aliphatic carbocycles. The summed E-state index contributed by atoms with van der Waals surface area (Å²) < 4.78 is 0. The summed E-state index contributed by atoms with van der Waals surface area (Å²) in [7, 11) is 0. The Labute approximate surface area is 129 Å². The van der Waals surface area contributed by atoms with Gasteiger partial charge in [-0.25, -0.2) is 4.79 Å². The van der Waals surface area contributed by atoms with Gasteiger partial charge in [-0.1, -0.05) is 43.1 Å². The topological polar surface area (TPSA) is 66.4 Å². The molecule has 21 heavy (non-hydrogen) atoms. The van der Waals surface area contributed by atoms with E-state index in [1.807, 2.05) is 0 Å². The summed E-state index contributed by atoms with van der Waals surface area (Å²) in [6.45, 7) is 7.17. The van der Waals surface area contributed by atoms with Gasteiger partial charge in [0.1, 0.15) is 5.54 Å². The Balaban J connectivity index is 3.03. The molecule has 1 aromatic carbocycles. The van der Waals surface area contributed by atoms with Gasteiger partial charge in [-0.2, -0.15) is 0 Å². The Morgan fingerprint density at radius 2 is 1.86 bits per heavy atom. The first-order chi connectivity index (χ1) is 9.99. The molecule has 0 aromatic heterocycles. The third kappa shape index (κ3) is 4.10. The van der Waals surface area contributed by atoms with E-state index < -0.39 is 17.4 Å². The summed E-state index contributed by atoms with van der Waals surface area (Å²) in [5.41, 5.74) is -0.210. The second-order valence-corrected chi connectivity index (χ2v) is 4.86. The number of rotatable bonds is 8. The van der Waals surface area contributed by atoms with Gasteiger partial charge in [-0.3, -0.25) is 4.79 Å². The third-order valence-electron chi connectivity index (χ3n) is 3.10. The lowest BCUT2D eigenvalue weighted by Gasteiger charge is -2.28. The average Bonchev–Trinajstić information content (AvgIpc) is 2.47. The zero-order valence-corrected chi connectivity index (χ0v) is 12.4. The van der Waals surface area contributed by atoms with Gasteiger partial charge in [0.25, 0.3) is 5.91 Å². The van der Waals surface area contributed by atoms with Crippen molar-refractivity contribution >= 4 is 35.5 Å². The molecule has 2 N–H and O–H groups in total. The highest BCUT2D eigenvalue weighted by molar-refractivity contribution is 7.78. The van der Waals surface area contributed by atoms with Gasteiger partial charge < -0.3 is 10.4 Å².